The monoisotopic (exact) mass is 327 g/mol. The van der Waals surface area contributed by atoms with Crippen LogP contribution < -0.4 is 9.47 Å². The van der Waals surface area contributed by atoms with E-state index in [4.69, 9.17) is 9.47 Å². The minimum absolute atomic E-state index is 0.116. The highest BCUT2D eigenvalue weighted by atomic mass is 19.1. The number of fused-ring (bicyclic) bond motifs is 2. The van der Waals surface area contributed by atoms with Gasteiger partial charge in [0.25, 0.3) is 5.91 Å². The standard InChI is InChI=1S/C19H18FNO3/c1-12-15-11-18-17(23-8-9-24-18)10-13(15)6-7-21(12)19(22)14-4-2-3-5-16(14)20/h2-5,10-12H,6-9H2,1H3. The van der Waals surface area contributed by atoms with E-state index in [-0.39, 0.29) is 17.5 Å². The molecule has 24 heavy (non-hydrogen) atoms. The number of benzene rings is 2. The van der Waals surface area contributed by atoms with Gasteiger partial charge >= 0.3 is 0 Å². The maximum Gasteiger partial charge on any atom is 0.257 e. The van der Waals surface area contributed by atoms with Crippen LogP contribution in [0.25, 0.3) is 0 Å². The molecule has 2 aliphatic heterocycles. The number of carbonyl (C=O) groups excluding carboxylic acids is 1. The SMILES string of the molecule is CC1c2cc3c(cc2CCN1C(=O)c1ccccc1F)OCCO3. The van der Waals surface area contributed by atoms with Crippen LogP contribution in [0.1, 0.15) is 34.5 Å². The van der Waals surface area contributed by atoms with Gasteiger partial charge in [-0.05, 0) is 48.7 Å². The van der Waals surface area contributed by atoms with Gasteiger partial charge in [-0.3, -0.25) is 4.79 Å². The normalized spacial score (nSPS) is 18.9. The second-order valence-corrected chi connectivity index (χ2v) is 6.10. The molecule has 0 saturated carbocycles. The third-order valence-electron chi connectivity index (χ3n) is 4.71. The minimum atomic E-state index is -0.484. The zero-order valence-corrected chi connectivity index (χ0v) is 13.4. The zero-order chi connectivity index (χ0) is 16.7. The van der Waals surface area contributed by atoms with E-state index in [1.165, 1.54) is 12.1 Å². The molecule has 0 N–H and O–H groups in total. The largest absolute Gasteiger partial charge is 0.486 e. The van der Waals surface area contributed by atoms with Crippen LogP contribution >= 0.6 is 0 Å². The molecular weight excluding hydrogens is 309 g/mol. The predicted molar refractivity (Wildman–Crippen MR) is 87.0 cm³/mol. The maximum atomic E-state index is 14.0. The maximum absolute atomic E-state index is 14.0. The van der Waals surface area contributed by atoms with Crippen molar-refractivity contribution >= 4 is 5.91 Å². The number of nitrogens with zero attached hydrogens (tertiary/aromatic N) is 1. The van der Waals surface area contributed by atoms with Crippen molar-refractivity contribution in [1.29, 1.82) is 0 Å². The van der Waals surface area contributed by atoms with Gasteiger partial charge in [-0.25, -0.2) is 4.39 Å². The number of rotatable bonds is 1. The van der Waals surface area contributed by atoms with Crippen LogP contribution in [-0.4, -0.2) is 30.6 Å². The van der Waals surface area contributed by atoms with Gasteiger partial charge < -0.3 is 14.4 Å². The van der Waals surface area contributed by atoms with Crippen LogP contribution in [0.4, 0.5) is 4.39 Å². The highest BCUT2D eigenvalue weighted by Crippen LogP contribution is 2.39. The van der Waals surface area contributed by atoms with Gasteiger partial charge in [0.1, 0.15) is 19.0 Å². The van der Waals surface area contributed by atoms with Crippen molar-refractivity contribution in [2.24, 2.45) is 0 Å². The molecular formula is C19H18FNO3. The summed E-state index contributed by atoms with van der Waals surface area (Å²) in [7, 11) is 0. The quantitative estimate of drug-likeness (QED) is 0.806. The smallest absolute Gasteiger partial charge is 0.257 e. The fraction of sp³-hybridized carbons (Fsp3) is 0.316. The van der Waals surface area contributed by atoms with Crippen LogP contribution in [0.15, 0.2) is 36.4 Å². The van der Waals surface area contributed by atoms with E-state index in [9.17, 15) is 9.18 Å². The highest BCUT2D eigenvalue weighted by Gasteiger charge is 2.31. The molecule has 2 heterocycles. The Labute approximate surface area is 139 Å². The van der Waals surface area contributed by atoms with Crippen molar-refractivity contribution in [1.82, 2.24) is 4.90 Å². The molecule has 0 radical (unpaired) electrons. The van der Waals surface area contributed by atoms with Crippen molar-refractivity contribution < 1.29 is 18.7 Å². The zero-order valence-electron chi connectivity index (χ0n) is 13.4. The molecule has 124 valence electrons. The van der Waals surface area contributed by atoms with Gasteiger partial charge in [0.15, 0.2) is 11.5 Å². The Hall–Kier alpha value is -2.56. The van der Waals surface area contributed by atoms with Crippen LogP contribution in [0, 0.1) is 5.82 Å². The molecule has 0 aliphatic carbocycles. The van der Waals surface area contributed by atoms with E-state index < -0.39 is 5.82 Å². The van der Waals surface area contributed by atoms with Gasteiger partial charge in [-0.2, -0.15) is 0 Å². The summed E-state index contributed by atoms with van der Waals surface area (Å²) in [5.74, 6) is 0.719. The van der Waals surface area contributed by atoms with Crippen molar-refractivity contribution in [3.8, 4) is 11.5 Å². The van der Waals surface area contributed by atoms with Gasteiger partial charge in [-0.1, -0.05) is 12.1 Å². The van der Waals surface area contributed by atoms with Crippen molar-refractivity contribution in [3.05, 3.63) is 58.9 Å². The highest BCUT2D eigenvalue weighted by molar-refractivity contribution is 5.95. The fourth-order valence-electron chi connectivity index (χ4n) is 3.42. The Morgan fingerprint density at radius 3 is 2.62 bits per heavy atom. The lowest BCUT2D eigenvalue weighted by Gasteiger charge is -2.36. The van der Waals surface area contributed by atoms with Crippen LogP contribution in [0.2, 0.25) is 0 Å². The molecule has 5 heteroatoms. The Bertz CT molecular complexity index is 805. The summed E-state index contributed by atoms with van der Waals surface area (Å²) in [6.45, 7) is 3.60. The molecule has 2 aromatic rings. The summed E-state index contributed by atoms with van der Waals surface area (Å²) in [5, 5.41) is 0. The molecule has 2 aliphatic rings. The lowest BCUT2D eigenvalue weighted by molar-refractivity contribution is 0.0671. The Balaban J connectivity index is 1.68. The predicted octanol–water partition coefficient (Wildman–Crippen LogP) is 3.36. The summed E-state index contributed by atoms with van der Waals surface area (Å²) in [4.78, 5) is 14.5. The number of amides is 1. The molecule has 0 saturated heterocycles. The third-order valence-corrected chi connectivity index (χ3v) is 4.71. The summed E-state index contributed by atoms with van der Waals surface area (Å²) >= 11 is 0. The number of ether oxygens (including phenoxy) is 2. The first kappa shape index (κ1) is 15.0. The second kappa shape index (κ2) is 5.82. The van der Waals surface area contributed by atoms with E-state index in [0.29, 0.717) is 25.5 Å². The Kier molecular flexibility index (Phi) is 3.63. The molecule has 4 nitrogen and oxygen atoms in total. The molecule has 0 spiro atoms. The molecule has 4 rings (SSSR count). The summed E-state index contributed by atoms with van der Waals surface area (Å²) in [6, 6.07) is 9.93. The van der Waals surface area contributed by atoms with E-state index in [0.717, 1.165) is 23.3 Å². The van der Waals surface area contributed by atoms with E-state index >= 15 is 0 Å². The van der Waals surface area contributed by atoms with Crippen LogP contribution in [-0.2, 0) is 6.42 Å². The van der Waals surface area contributed by atoms with E-state index in [2.05, 4.69) is 0 Å². The first-order valence-corrected chi connectivity index (χ1v) is 8.13. The third kappa shape index (κ3) is 2.40. The topological polar surface area (TPSA) is 38.8 Å². The van der Waals surface area contributed by atoms with Crippen molar-refractivity contribution in [2.75, 3.05) is 19.8 Å². The number of halogens is 1. The fourth-order valence-corrected chi connectivity index (χ4v) is 3.42. The average Bonchev–Trinajstić information content (AvgIpc) is 2.61. The minimum Gasteiger partial charge on any atom is -0.486 e. The first-order chi connectivity index (χ1) is 11.6. The lowest BCUT2D eigenvalue weighted by Crippen LogP contribution is -2.39. The Morgan fingerprint density at radius 2 is 1.88 bits per heavy atom. The number of hydrogen-bond acceptors (Lipinski definition) is 3. The Morgan fingerprint density at radius 1 is 1.17 bits per heavy atom. The van der Waals surface area contributed by atoms with Gasteiger partial charge in [0, 0.05) is 6.54 Å². The van der Waals surface area contributed by atoms with E-state index in [1.807, 2.05) is 19.1 Å². The molecule has 1 unspecified atom stereocenters. The number of hydrogen-bond donors (Lipinski definition) is 0. The first-order valence-electron chi connectivity index (χ1n) is 8.13. The molecule has 0 fully saturated rings. The van der Waals surface area contributed by atoms with Crippen molar-refractivity contribution in [3.63, 3.8) is 0 Å². The number of carbonyl (C=O) groups is 1. The second-order valence-electron chi connectivity index (χ2n) is 6.10. The van der Waals surface area contributed by atoms with Crippen molar-refractivity contribution in [2.45, 2.75) is 19.4 Å². The molecule has 0 aromatic heterocycles. The summed E-state index contributed by atoms with van der Waals surface area (Å²) < 4.78 is 25.2. The van der Waals surface area contributed by atoms with Crippen LogP contribution in [0.5, 0.6) is 11.5 Å². The summed E-state index contributed by atoms with van der Waals surface area (Å²) in [5.41, 5.74) is 2.31. The molecule has 0 bridgehead atoms. The lowest BCUT2D eigenvalue weighted by atomic mass is 9.92. The van der Waals surface area contributed by atoms with Gasteiger partial charge in [0.2, 0.25) is 0 Å². The molecule has 1 atom stereocenters. The van der Waals surface area contributed by atoms with Gasteiger partial charge in [0.05, 0.1) is 11.6 Å². The summed E-state index contributed by atoms with van der Waals surface area (Å²) in [6.07, 6.45) is 0.719. The van der Waals surface area contributed by atoms with E-state index in [1.54, 1.807) is 17.0 Å². The molecule has 1 amide bonds. The van der Waals surface area contributed by atoms with Gasteiger partial charge in [-0.15, -0.1) is 0 Å². The molecule has 2 aromatic carbocycles. The van der Waals surface area contributed by atoms with Crippen LogP contribution in [0.3, 0.4) is 0 Å². The average molecular weight is 327 g/mol.